The molecule has 0 aliphatic rings. The monoisotopic (exact) mass is 309 g/mol. The molecule has 3 nitrogen and oxygen atoms in total. The van der Waals surface area contributed by atoms with Gasteiger partial charge in [-0.3, -0.25) is 4.79 Å². The van der Waals surface area contributed by atoms with Crippen molar-refractivity contribution in [3.63, 3.8) is 0 Å². The maximum Gasteiger partial charge on any atom is 0.310 e. The van der Waals surface area contributed by atoms with Gasteiger partial charge < -0.3 is 5.11 Å². The molecule has 0 saturated carbocycles. The van der Waals surface area contributed by atoms with Gasteiger partial charge in [0.1, 0.15) is 0 Å². The number of nitrogens with zero attached hydrogens (tertiary/aromatic N) is 1. The predicted molar refractivity (Wildman–Crippen MR) is 86.0 cm³/mol. The topological polar surface area (TPSA) is 50.2 Å². The van der Waals surface area contributed by atoms with Crippen molar-refractivity contribution in [1.82, 2.24) is 4.98 Å². The Morgan fingerprint density at radius 1 is 1.50 bits per heavy atom. The van der Waals surface area contributed by atoms with E-state index in [4.69, 9.17) is 0 Å². The molecule has 0 saturated heterocycles. The molecule has 20 heavy (non-hydrogen) atoms. The Morgan fingerprint density at radius 2 is 2.25 bits per heavy atom. The number of aromatic nitrogens is 1. The molecule has 2 aromatic rings. The van der Waals surface area contributed by atoms with Gasteiger partial charge in [-0.1, -0.05) is 31.2 Å². The third-order valence-corrected chi connectivity index (χ3v) is 5.44. The normalized spacial score (nSPS) is 12.8. The first-order valence-electron chi connectivity index (χ1n) is 6.79. The molecule has 0 aliphatic heterocycles. The lowest BCUT2D eigenvalue weighted by atomic mass is 9.98. The number of hydrogen-bond acceptors (Lipinski definition) is 4. The van der Waals surface area contributed by atoms with Crippen molar-refractivity contribution in [3.05, 3.63) is 23.3 Å². The van der Waals surface area contributed by atoms with Gasteiger partial charge in [0.05, 0.1) is 16.1 Å². The van der Waals surface area contributed by atoms with Crippen LogP contribution in [-0.4, -0.2) is 21.8 Å². The summed E-state index contributed by atoms with van der Waals surface area (Å²) < 4.78 is 2.13. The number of hydrogen-bond donors (Lipinski definition) is 1. The number of carboxylic acids is 1. The highest BCUT2D eigenvalue weighted by molar-refractivity contribution is 8.01. The number of thiazole rings is 1. The van der Waals surface area contributed by atoms with Gasteiger partial charge in [-0.25, -0.2) is 4.98 Å². The van der Waals surface area contributed by atoms with Crippen molar-refractivity contribution >= 4 is 39.3 Å². The second-order valence-electron chi connectivity index (χ2n) is 4.94. The summed E-state index contributed by atoms with van der Waals surface area (Å²) in [5.41, 5.74) is 2.77. The molecule has 0 amide bonds. The minimum absolute atomic E-state index is 0.520. The summed E-state index contributed by atoms with van der Waals surface area (Å²) >= 11 is 3.43. The van der Waals surface area contributed by atoms with Crippen LogP contribution in [0.25, 0.3) is 10.2 Å². The van der Waals surface area contributed by atoms with E-state index < -0.39 is 11.9 Å². The third kappa shape index (κ3) is 3.33. The van der Waals surface area contributed by atoms with Crippen molar-refractivity contribution in [2.24, 2.45) is 0 Å². The van der Waals surface area contributed by atoms with Crippen molar-refractivity contribution in [3.8, 4) is 0 Å². The highest BCUT2D eigenvalue weighted by Crippen LogP contribution is 2.35. The van der Waals surface area contributed by atoms with Crippen LogP contribution in [0, 0.1) is 6.92 Å². The van der Waals surface area contributed by atoms with Crippen LogP contribution in [0.2, 0.25) is 0 Å². The SMILES string of the molecule is CCCCSc1nc2c(C(C)C(=O)O)cc(C)cc2s1. The van der Waals surface area contributed by atoms with E-state index in [0.29, 0.717) is 0 Å². The van der Waals surface area contributed by atoms with Crippen LogP contribution in [0.4, 0.5) is 0 Å². The Bertz CT molecular complexity index is 622. The first-order valence-corrected chi connectivity index (χ1v) is 8.59. The van der Waals surface area contributed by atoms with Crippen molar-refractivity contribution in [2.45, 2.75) is 43.9 Å². The van der Waals surface area contributed by atoms with E-state index in [1.807, 2.05) is 13.0 Å². The first-order chi connectivity index (χ1) is 9.52. The van der Waals surface area contributed by atoms with E-state index in [2.05, 4.69) is 18.0 Å². The van der Waals surface area contributed by atoms with Crippen molar-refractivity contribution in [2.75, 3.05) is 5.75 Å². The molecule has 108 valence electrons. The second-order valence-corrected chi connectivity index (χ2v) is 7.32. The Labute approximate surface area is 127 Å². The summed E-state index contributed by atoms with van der Waals surface area (Å²) in [6, 6.07) is 4.04. The number of aryl methyl sites for hydroxylation is 1. The fourth-order valence-corrected chi connectivity index (χ4v) is 4.36. The van der Waals surface area contributed by atoms with Crippen LogP contribution in [-0.2, 0) is 4.79 Å². The Hall–Kier alpha value is -1.07. The molecule has 0 fully saturated rings. The van der Waals surface area contributed by atoms with Crippen LogP contribution in [0.5, 0.6) is 0 Å². The molecule has 1 N–H and O–H groups in total. The van der Waals surface area contributed by atoms with Gasteiger partial charge in [-0.2, -0.15) is 0 Å². The van der Waals surface area contributed by atoms with Gasteiger partial charge in [0.2, 0.25) is 0 Å². The molecular formula is C15H19NO2S2. The number of thioether (sulfide) groups is 1. The minimum atomic E-state index is -0.801. The quantitative estimate of drug-likeness (QED) is 0.621. The maximum absolute atomic E-state index is 11.2. The van der Waals surface area contributed by atoms with E-state index in [0.717, 1.165) is 31.4 Å². The van der Waals surface area contributed by atoms with Crippen LogP contribution in [0.3, 0.4) is 0 Å². The molecular weight excluding hydrogens is 290 g/mol. The van der Waals surface area contributed by atoms with Gasteiger partial charge >= 0.3 is 5.97 Å². The average molecular weight is 309 g/mol. The zero-order valence-electron chi connectivity index (χ0n) is 12.0. The van der Waals surface area contributed by atoms with Crippen molar-refractivity contribution < 1.29 is 9.90 Å². The smallest absolute Gasteiger partial charge is 0.310 e. The van der Waals surface area contributed by atoms with Gasteiger partial charge in [0.15, 0.2) is 4.34 Å². The average Bonchev–Trinajstić information content (AvgIpc) is 2.79. The Morgan fingerprint density at radius 3 is 2.90 bits per heavy atom. The molecule has 0 aliphatic carbocycles. The minimum Gasteiger partial charge on any atom is -0.481 e. The van der Waals surface area contributed by atoms with Crippen molar-refractivity contribution in [1.29, 1.82) is 0 Å². The van der Waals surface area contributed by atoms with Gasteiger partial charge in [-0.15, -0.1) is 11.3 Å². The van der Waals surface area contributed by atoms with Gasteiger partial charge in [0, 0.05) is 5.75 Å². The summed E-state index contributed by atoms with van der Waals surface area (Å²) in [6.45, 7) is 5.90. The maximum atomic E-state index is 11.2. The summed E-state index contributed by atoms with van der Waals surface area (Å²) in [6.07, 6.45) is 2.36. The number of benzene rings is 1. The first kappa shape index (κ1) is 15.3. The van der Waals surface area contributed by atoms with E-state index in [1.54, 1.807) is 30.0 Å². The van der Waals surface area contributed by atoms with E-state index >= 15 is 0 Å². The molecule has 1 aromatic heterocycles. The molecule has 2 rings (SSSR count). The second kappa shape index (κ2) is 6.59. The third-order valence-electron chi connectivity index (χ3n) is 3.21. The molecule has 1 aromatic carbocycles. The number of carboxylic acid groups (broad SMARTS) is 1. The fraction of sp³-hybridized carbons (Fsp3) is 0.467. The Kier molecular flexibility index (Phi) is 5.05. The number of fused-ring (bicyclic) bond motifs is 1. The van der Waals surface area contributed by atoms with Crippen LogP contribution in [0.1, 0.15) is 43.7 Å². The Balaban J connectivity index is 2.39. The highest BCUT2D eigenvalue weighted by Gasteiger charge is 2.19. The fourth-order valence-electron chi connectivity index (χ4n) is 2.01. The zero-order valence-corrected chi connectivity index (χ0v) is 13.6. The number of unbranched alkanes of at least 4 members (excludes halogenated alkanes) is 1. The number of aliphatic carboxylic acids is 1. The summed E-state index contributed by atoms with van der Waals surface area (Å²) in [5, 5.41) is 9.24. The van der Waals surface area contributed by atoms with Crippen LogP contribution >= 0.6 is 23.1 Å². The summed E-state index contributed by atoms with van der Waals surface area (Å²) in [4.78, 5) is 15.9. The lowest BCUT2D eigenvalue weighted by molar-refractivity contribution is -0.138. The molecule has 1 atom stereocenters. The lowest BCUT2D eigenvalue weighted by Crippen LogP contribution is -2.08. The molecule has 5 heteroatoms. The molecule has 1 unspecified atom stereocenters. The molecule has 0 radical (unpaired) electrons. The molecule has 0 bridgehead atoms. The summed E-state index contributed by atoms with van der Waals surface area (Å²) in [5.74, 6) is -0.253. The van der Waals surface area contributed by atoms with Gasteiger partial charge in [-0.05, 0) is 37.5 Å². The van der Waals surface area contributed by atoms with E-state index in [1.165, 1.54) is 12.8 Å². The molecule has 0 spiro atoms. The van der Waals surface area contributed by atoms with Crippen LogP contribution in [0.15, 0.2) is 16.5 Å². The standard InChI is InChI=1S/C15H19NO2S2/c1-4-5-6-19-15-16-13-11(10(3)14(17)18)7-9(2)8-12(13)20-15/h7-8,10H,4-6H2,1-3H3,(H,17,18). The van der Waals surface area contributed by atoms with Gasteiger partial charge in [0.25, 0.3) is 0 Å². The largest absolute Gasteiger partial charge is 0.481 e. The lowest BCUT2D eigenvalue weighted by Gasteiger charge is -2.08. The number of rotatable bonds is 6. The predicted octanol–water partition coefficient (Wildman–Crippen LogP) is 4.69. The number of carbonyl (C=O) groups is 1. The van der Waals surface area contributed by atoms with E-state index in [-0.39, 0.29) is 0 Å². The van der Waals surface area contributed by atoms with Crippen LogP contribution < -0.4 is 0 Å². The molecule has 1 heterocycles. The van der Waals surface area contributed by atoms with E-state index in [9.17, 15) is 9.90 Å². The summed E-state index contributed by atoms with van der Waals surface area (Å²) in [7, 11) is 0. The highest BCUT2D eigenvalue weighted by atomic mass is 32.2. The zero-order chi connectivity index (χ0) is 14.7.